The zero-order chi connectivity index (χ0) is 16.2. The van der Waals surface area contributed by atoms with Crippen LogP contribution in [0.15, 0.2) is 54.7 Å². The Labute approximate surface area is 134 Å². The van der Waals surface area contributed by atoms with Crippen molar-refractivity contribution in [3.05, 3.63) is 54.7 Å². The maximum atomic E-state index is 11.7. The van der Waals surface area contributed by atoms with Crippen molar-refractivity contribution in [2.75, 3.05) is 10.6 Å². The van der Waals surface area contributed by atoms with Crippen LogP contribution in [-0.2, 0) is 4.79 Å². The molecule has 3 aromatic rings. The topological polar surface area (TPSA) is 66.9 Å². The first kappa shape index (κ1) is 15.0. The van der Waals surface area contributed by atoms with Crippen LogP contribution in [0.2, 0.25) is 0 Å². The molecule has 0 saturated carbocycles. The van der Waals surface area contributed by atoms with Gasteiger partial charge in [-0.15, -0.1) is 0 Å². The summed E-state index contributed by atoms with van der Waals surface area (Å²) in [6, 6.07) is 15.3. The Morgan fingerprint density at radius 2 is 1.70 bits per heavy atom. The number of carbonyl (C=O) groups is 1. The van der Waals surface area contributed by atoms with E-state index in [4.69, 9.17) is 0 Å². The van der Waals surface area contributed by atoms with Gasteiger partial charge in [0.1, 0.15) is 0 Å². The molecule has 0 radical (unpaired) electrons. The molecule has 1 amide bonds. The molecular formula is C18H18N4O. The van der Waals surface area contributed by atoms with E-state index in [0.29, 0.717) is 5.95 Å². The van der Waals surface area contributed by atoms with E-state index in [1.165, 1.54) is 0 Å². The molecule has 0 atom stereocenters. The lowest BCUT2D eigenvalue weighted by Crippen LogP contribution is -2.17. The molecule has 1 heterocycles. The van der Waals surface area contributed by atoms with Gasteiger partial charge < -0.3 is 10.6 Å². The maximum absolute atomic E-state index is 11.7. The van der Waals surface area contributed by atoms with E-state index in [1.807, 2.05) is 62.4 Å². The third-order valence-electron chi connectivity index (χ3n) is 3.42. The number of fused-ring (bicyclic) bond motifs is 1. The molecule has 116 valence electrons. The van der Waals surface area contributed by atoms with Gasteiger partial charge in [0.2, 0.25) is 11.9 Å². The molecule has 0 saturated heterocycles. The molecule has 1 aromatic heterocycles. The minimum absolute atomic E-state index is 0.00331. The summed E-state index contributed by atoms with van der Waals surface area (Å²) in [7, 11) is 0. The summed E-state index contributed by atoms with van der Waals surface area (Å²) in [6.07, 6.45) is 1.79. The number of anilines is 3. The van der Waals surface area contributed by atoms with Crippen LogP contribution in [0, 0.1) is 5.92 Å². The average Bonchev–Trinajstić information content (AvgIpc) is 2.56. The molecule has 2 N–H and O–H groups in total. The first-order valence-electron chi connectivity index (χ1n) is 7.51. The third kappa shape index (κ3) is 3.63. The summed E-state index contributed by atoms with van der Waals surface area (Å²) in [4.78, 5) is 20.4. The van der Waals surface area contributed by atoms with Gasteiger partial charge in [0.05, 0.1) is 5.52 Å². The largest absolute Gasteiger partial charge is 0.326 e. The summed E-state index contributed by atoms with van der Waals surface area (Å²) >= 11 is 0. The van der Waals surface area contributed by atoms with Crippen LogP contribution in [0.3, 0.4) is 0 Å². The second-order valence-electron chi connectivity index (χ2n) is 5.60. The lowest BCUT2D eigenvalue weighted by atomic mass is 10.2. The van der Waals surface area contributed by atoms with Crippen molar-refractivity contribution in [3.8, 4) is 0 Å². The standard InChI is InChI=1S/C18H18N4O/c1-12(2)17(23)20-14-7-9-15(10-8-14)21-18-19-11-13-5-3-4-6-16(13)22-18/h3-12H,1-2H3,(H,20,23)(H,19,21,22). The lowest BCUT2D eigenvalue weighted by Gasteiger charge is -2.09. The minimum atomic E-state index is -0.0428. The van der Waals surface area contributed by atoms with E-state index in [9.17, 15) is 4.79 Å². The van der Waals surface area contributed by atoms with Crippen LogP contribution in [0.4, 0.5) is 17.3 Å². The molecule has 23 heavy (non-hydrogen) atoms. The van der Waals surface area contributed by atoms with Crippen LogP contribution in [0.1, 0.15) is 13.8 Å². The second kappa shape index (κ2) is 6.44. The number of hydrogen-bond acceptors (Lipinski definition) is 4. The monoisotopic (exact) mass is 306 g/mol. The first-order valence-corrected chi connectivity index (χ1v) is 7.51. The van der Waals surface area contributed by atoms with Crippen molar-refractivity contribution in [1.29, 1.82) is 0 Å². The summed E-state index contributed by atoms with van der Waals surface area (Å²) in [5.41, 5.74) is 2.53. The van der Waals surface area contributed by atoms with E-state index in [0.717, 1.165) is 22.3 Å². The third-order valence-corrected chi connectivity index (χ3v) is 3.42. The number of amides is 1. The van der Waals surface area contributed by atoms with Gasteiger partial charge in [-0.25, -0.2) is 9.97 Å². The van der Waals surface area contributed by atoms with Gasteiger partial charge in [-0.1, -0.05) is 32.0 Å². The smallest absolute Gasteiger partial charge is 0.227 e. The Morgan fingerprint density at radius 1 is 1.00 bits per heavy atom. The summed E-state index contributed by atoms with van der Waals surface area (Å²) in [5, 5.41) is 7.03. The highest BCUT2D eigenvalue weighted by Crippen LogP contribution is 2.19. The van der Waals surface area contributed by atoms with E-state index in [-0.39, 0.29) is 11.8 Å². The molecule has 0 aliphatic carbocycles. The van der Waals surface area contributed by atoms with Gasteiger partial charge in [-0.3, -0.25) is 4.79 Å². The summed E-state index contributed by atoms with van der Waals surface area (Å²) in [5.74, 6) is 0.505. The number of nitrogens with one attached hydrogen (secondary N) is 2. The predicted molar refractivity (Wildman–Crippen MR) is 92.7 cm³/mol. The fourth-order valence-electron chi connectivity index (χ4n) is 2.08. The van der Waals surface area contributed by atoms with Crippen molar-refractivity contribution in [2.45, 2.75) is 13.8 Å². The minimum Gasteiger partial charge on any atom is -0.326 e. The normalized spacial score (nSPS) is 10.7. The van der Waals surface area contributed by atoms with Crippen molar-refractivity contribution in [2.24, 2.45) is 5.92 Å². The van der Waals surface area contributed by atoms with Gasteiger partial charge in [0.15, 0.2) is 0 Å². The van der Waals surface area contributed by atoms with Crippen molar-refractivity contribution in [1.82, 2.24) is 9.97 Å². The van der Waals surface area contributed by atoms with Crippen molar-refractivity contribution < 1.29 is 4.79 Å². The molecule has 0 bridgehead atoms. The molecule has 5 heteroatoms. The molecule has 3 rings (SSSR count). The van der Waals surface area contributed by atoms with Crippen molar-refractivity contribution in [3.63, 3.8) is 0 Å². The van der Waals surface area contributed by atoms with Crippen LogP contribution < -0.4 is 10.6 Å². The van der Waals surface area contributed by atoms with Gasteiger partial charge in [-0.2, -0.15) is 0 Å². The first-order chi connectivity index (χ1) is 11.1. The molecular weight excluding hydrogens is 288 g/mol. The second-order valence-corrected chi connectivity index (χ2v) is 5.60. The van der Waals surface area contributed by atoms with Crippen LogP contribution in [0.5, 0.6) is 0 Å². The summed E-state index contributed by atoms with van der Waals surface area (Å²) in [6.45, 7) is 3.73. The lowest BCUT2D eigenvalue weighted by molar-refractivity contribution is -0.118. The highest BCUT2D eigenvalue weighted by molar-refractivity contribution is 5.92. The SMILES string of the molecule is CC(C)C(=O)Nc1ccc(Nc2ncc3ccccc3n2)cc1. The van der Waals surface area contributed by atoms with E-state index in [2.05, 4.69) is 20.6 Å². The van der Waals surface area contributed by atoms with Gasteiger partial charge >= 0.3 is 0 Å². The fraction of sp³-hybridized carbons (Fsp3) is 0.167. The highest BCUT2D eigenvalue weighted by atomic mass is 16.1. The van der Waals surface area contributed by atoms with Gasteiger partial charge in [-0.05, 0) is 30.3 Å². The van der Waals surface area contributed by atoms with E-state index < -0.39 is 0 Å². The molecule has 2 aromatic carbocycles. The number of hydrogen-bond donors (Lipinski definition) is 2. The Balaban J connectivity index is 1.73. The fourth-order valence-corrected chi connectivity index (χ4v) is 2.08. The Hall–Kier alpha value is -2.95. The zero-order valence-corrected chi connectivity index (χ0v) is 13.1. The number of benzene rings is 2. The van der Waals surface area contributed by atoms with Crippen LogP contribution >= 0.6 is 0 Å². The number of para-hydroxylation sites is 1. The number of rotatable bonds is 4. The summed E-state index contributed by atoms with van der Waals surface area (Å²) < 4.78 is 0. The van der Waals surface area contributed by atoms with E-state index >= 15 is 0 Å². The Morgan fingerprint density at radius 3 is 2.43 bits per heavy atom. The molecule has 0 aliphatic rings. The molecule has 0 unspecified atom stereocenters. The van der Waals surface area contributed by atoms with Crippen molar-refractivity contribution >= 4 is 34.1 Å². The zero-order valence-electron chi connectivity index (χ0n) is 13.1. The highest BCUT2D eigenvalue weighted by Gasteiger charge is 2.07. The Bertz CT molecular complexity index is 828. The van der Waals surface area contributed by atoms with Crippen LogP contribution in [-0.4, -0.2) is 15.9 Å². The van der Waals surface area contributed by atoms with E-state index in [1.54, 1.807) is 6.20 Å². The van der Waals surface area contributed by atoms with Crippen LogP contribution in [0.25, 0.3) is 10.9 Å². The number of aromatic nitrogens is 2. The molecule has 0 aliphatic heterocycles. The predicted octanol–water partition coefficient (Wildman–Crippen LogP) is 3.97. The quantitative estimate of drug-likeness (QED) is 0.765. The molecule has 0 fully saturated rings. The van der Waals surface area contributed by atoms with Gasteiger partial charge in [0, 0.05) is 28.9 Å². The number of carbonyl (C=O) groups excluding carboxylic acids is 1. The Kier molecular flexibility index (Phi) is 4.19. The maximum Gasteiger partial charge on any atom is 0.227 e. The van der Waals surface area contributed by atoms with Gasteiger partial charge in [0.25, 0.3) is 0 Å². The molecule has 0 spiro atoms. The average molecular weight is 306 g/mol. The molecule has 5 nitrogen and oxygen atoms in total. The number of nitrogens with zero attached hydrogens (tertiary/aromatic N) is 2.